The van der Waals surface area contributed by atoms with Gasteiger partial charge >= 0.3 is 0 Å². The molecule has 43 heavy (non-hydrogen) atoms. The number of ether oxygens (including phenoxy) is 1. The summed E-state index contributed by atoms with van der Waals surface area (Å²) in [6.07, 6.45) is 0. The second-order valence-electron chi connectivity index (χ2n) is 11.2. The maximum Gasteiger partial charge on any atom is 0.275 e. The number of methoxy groups -OCH3 is 1. The summed E-state index contributed by atoms with van der Waals surface area (Å²) in [5, 5.41) is 2.11. The number of hydrazine groups is 1. The lowest BCUT2D eigenvalue weighted by Crippen LogP contribution is -2.56. The highest BCUT2D eigenvalue weighted by Crippen LogP contribution is 2.61. The van der Waals surface area contributed by atoms with E-state index in [0.717, 1.165) is 32.3 Å². The molecular weight excluding hydrogens is 564 g/mol. The summed E-state index contributed by atoms with van der Waals surface area (Å²) in [5.41, 5.74) is 4.46. The van der Waals surface area contributed by atoms with Gasteiger partial charge in [-0.2, -0.15) is 5.01 Å². The van der Waals surface area contributed by atoms with Crippen LogP contribution in [0.25, 0.3) is 0 Å². The standard InChI is InChI=1S/C35H27ClN2O5/c1-19(32(39)20-15-17-21(43-2)18-16-20)37(33(40)26-13-7-8-14-27(26)36)38-34(41)30-28-22-9-3-4-10-23(22)29(31(30)35(38)42)25-12-6-5-11-24(25)28/h3-19,28-31H,1-2H3/t19-,28?,29?,30-,31-/m0/s1. The number of carbonyl (C=O) groups excluding carboxylic acids is 4. The van der Waals surface area contributed by atoms with Gasteiger partial charge in [0, 0.05) is 17.4 Å². The molecule has 0 saturated carbocycles. The lowest BCUT2D eigenvalue weighted by Gasteiger charge is -2.45. The summed E-state index contributed by atoms with van der Waals surface area (Å²) in [6, 6.07) is 27.5. The molecule has 2 bridgehead atoms. The number of hydrogen-bond donors (Lipinski definition) is 0. The van der Waals surface area contributed by atoms with E-state index in [9.17, 15) is 19.2 Å². The number of rotatable bonds is 6. The number of carbonyl (C=O) groups is 4. The first-order chi connectivity index (χ1) is 20.8. The van der Waals surface area contributed by atoms with Crippen LogP contribution in [0.4, 0.5) is 0 Å². The van der Waals surface area contributed by atoms with Gasteiger partial charge in [-0.15, -0.1) is 0 Å². The number of halogens is 1. The highest BCUT2D eigenvalue weighted by molar-refractivity contribution is 6.34. The highest BCUT2D eigenvalue weighted by atomic mass is 35.5. The van der Waals surface area contributed by atoms with Gasteiger partial charge < -0.3 is 4.74 Å². The van der Waals surface area contributed by atoms with Crippen LogP contribution in [0.5, 0.6) is 5.75 Å². The molecule has 8 heteroatoms. The van der Waals surface area contributed by atoms with Gasteiger partial charge in [0.15, 0.2) is 5.78 Å². The molecule has 7 nitrogen and oxygen atoms in total. The van der Waals surface area contributed by atoms with Crippen molar-refractivity contribution in [2.45, 2.75) is 24.8 Å². The Bertz CT molecular complexity index is 1700. The fourth-order valence-electron chi connectivity index (χ4n) is 7.18. The van der Waals surface area contributed by atoms with Gasteiger partial charge in [-0.1, -0.05) is 72.3 Å². The number of benzene rings is 4. The Labute approximate surface area is 253 Å². The van der Waals surface area contributed by atoms with Crippen LogP contribution in [-0.2, 0) is 9.59 Å². The van der Waals surface area contributed by atoms with Crippen LogP contribution in [0.15, 0.2) is 97.1 Å². The molecular formula is C35H27ClN2O5. The van der Waals surface area contributed by atoms with E-state index in [-0.39, 0.29) is 22.4 Å². The molecule has 0 N–H and O–H groups in total. The van der Waals surface area contributed by atoms with E-state index in [1.807, 2.05) is 48.5 Å². The third-order valence-corrected chi connectivity index (χ3v) is 9.40. The zero-order valence-electron chi connectivity index (χ0n) is 23.4. The number of hydrogen-bond acceptors (Lipinski definition) is 5. The third kappa shape index (κ3) is 3.95. The summed E-state index contributed by atoms with van der Waals surface area (Å²) >= 11 is 6.44. The molecule has 0 aromatic heterocycles. The van der Waals surface area contributed by atoms with Crippen LogP contribution in [0, 0.1) is 11.8 Å². The molecule has 1 aliphatic heterocycles. The van der Waals surface area contributed by atoms with Crippen molar-refractivity contribution >= 4 is 35.1 Å². The van der Waals surface area contributed by atoms with E-state index in [1.165, 1.54) is 20.1 Å². The molecule has 0 spiro atoms. The molecule has 3 amide bonds. The van der Waals surface area contributed by atoms with Crippen molar-refractivity contribution in [2.24, 2.45) is 11.8 Å². The Hall–Kier alpha value is -4.75. The summed E-state index contributed by atoms with van der Waals surface area (Å²) in [4.78, 5) is 57.2. The van der Waals surface area contributed by atoms with E-state index >= 15 is 0 Å². The molecule has 214 valence electrons. The van der Waals surface area contributed by atoms with E-state index in [4.69, 9.17) is 16.3 Å². The Morgan fingerprint density at radius 3 is 1.67 bits per heavy atom. The topological polar surface area (TPSA) is 84.0 Å². The number of imide groups is 1. The maximum atomic E-state index is 14.5. The zero-order valence-corrected chi connectivity index (χ0v) is 24.2. The maximum absolute atomic E-state index is 14.5. The van der Waals surface area contributed by atoms with Gasteiger partial charge in [-0.3, -0.25) is 19.2 Å². The van der Waals surface area contributed by atoms with E-state index in [1.54, 1.807) is 42.5 Å². The monoisotopic (exact) mass is 590 g/mol. The summed E-state index contributed by atoms with van der Waals surface area (Å²) < 4.78 is 5.22. The Morgan fingerprint density at radius 2 is 1.21 bits per heavy atom. The van der Waals surface area contributed by atoms with Crippen molar-refractivity contribution in [3.63, 3.8) is 0 Å². The van der Waals surface area contributed by atoms with Gasteiger partial charge in [-0.25, -0.2) is 5.01 Å². The predicted octanol–water partition coefficient (Wildman–Crippen LogP) is 5.87. The fraction of sp³-hybridized carbons (Fsp3) is 0.200. The molecule has 4 aliphatic rings. The molecule has 0 unspecified atom stereocenters. The molecule has 1 heterocycles. The highest BCUT2D eigenvalue weighted by Gasteiger charge is 2.63. The van der Waals surface area contributed by atoms with Crippen LogP contribution in [-0.4, -0.2) is 46.7 Å². The number of nitrogens with zero attached hydrogens (tertiary/aromatic N) is 2. The second kappa shape index (κ2) is 10.2. The van der Waals surface area contributed by atoms with Crippen molar-refractivity contribution in [2.75, 3.05) is 7.11 Å². The van der Waals surface area contributed by atoms with E-state index in [0.29, 0.717) is 11.3 Å². The SMILES string of the molecule is COc1ccc(C(=O)[C@H](C)N(C(=O)c2ccccc2Cl)N2C(=O)[C@H]3C4c5ccccc5C(c5ccccc54)[C@@H]3C2=O)cc1. The van der Waals surface area contributed by atoms with Crippen molar-refractivity contribution in [3.8, 4) is 5.75 Å². The quantitative estimate of drug-likeness (QED) is 0.207. The minimum atomic E-state index is -1.20. The third-order valence-electron chi connectivity index (χ3n) is 9.07. The normalized spacial score (nSPS) is 22.0. The van der Waals surface area contributed by atoms with Gasteiger partial charge in [0.2, 0.25) is 0 Å². The Kier molecular flexibility index (Phi) is 6.43. The van der Waals surface area contributed by atoms with Crippen LogP contribution < -0.4 is 4.74 Å². The number of ketones is 1. The van der Waals surface area contributed by atoms with Crippen molar-refractivity contribution in [1.82, 2.24) is 10.0 Å². The summed E-state index contributed by atoms with van der Waals surface area (Å²) in [7, 11) is 1.52. The van der Waals surface area contributed by atoms with Gasteiger partial charge in [0.1, 0.15) is 11.8 Å². The molecule has 1 fully saturated rings. The first-order valence-electron chi connectivity index (χ1n) is 14.1. The first-order valence-corrected chi connectivity index (χ1v) is 14.5. The summed E-state index contributed by atoms with van der Waals surface area (Å²) in [5.74, 6) is -3.71. The van der Waals surface area contributed by atoms with E-state index < -0.39 is 41.4 Å². The molecule has 4 aromatic rings. The van der Waals surface area contributed by atoms with Crippen molar-refractivity contribution < 1.29 is 23.9 Å². The lowest BCUT2D eigenvalue weighted by atomic mass is 9.55. The molecule has 3 aliphatic carbocycles. The van der Waals surface area contributed by atoms with Crippen molar-refractivity contribution in [3.05, 3.63) is 135 Å². The number of Topliss-reactive ketones (excluding diaryl/α,β-unsaturated/α-hetero) is 1. The predicted molar refractivity (Wildman–Crippen MR) is 160 cm³/mol. The zero-order chi connectivity index (χ0) is 30.0. The molecule has 0 radical (unpaired) electrons. The Balaban J connectivity index is 1.35. The number of amides is 3. The molecule has 1 saturated heterocycles. The van der Waals surface area contributed by atoms with Crippen LogP contribution >= 0.6 is 11.6 Å². The van der Waals surface area contributed by atoms with Gasteiger partial charge in [0.05, 0.1) is 29.5 Å². The molecule has 8 rings (SSSR count). The lowest BCUT2D eigenvalue weighted by molar-refractivity contribution is -0.156. The van der Waals surface area contributed by atoms with Crippen LogP contribution in [0.1, 0.15) is 61.7 Å². The smallest absolute Gasteiger partial charge is 0.275 e. The van der Waals surface area contributed by atoms with Crippen molar-refractivity contribution in [1.29, 1.82) is 0 Å². The minimum absolute atomic E-state index is 0.0866. The molecule has 3 atom stereocenters. The fourth-order valence-corrected chi connectivity index (χ4v) is 7.40. The average molecular weight is 591 g/mol. The summed E-state index contributed by atoms with van der Waals surface area (Å²) in [6.45, 7) is 1.53. The van der Waals surface area contributed by atoms with Crippen LogP contribution in [0.3, 0.4) is 0 Å². The minimum Gasteiger partial charge on any atom is -0.497 e. The molecule has 4 aromatic carbocycles. The Morgan fingerprint density at radius 1 is 0.744 bits per heavy atom. The van der Waals surface area contributed by atoms with Gasteiger partial charge in [0.25, 0.3) is 17.7 Å². The first kappa shape index (κ1) is 27.1. The second-order valence-corrected chi connectivity index (χ2v) is 11.6. The largest absolute Gasteiger partial charge is 0.497 e. The van der Waals surface area contributed by atoms with Gasteiger partial charge in [-0.05, 0) is 65.6 Å². The van der Waals surface area contributed by atoms with E-state index in [2.05, 4.69) is 0 Å². The van der Waals surface area contributed by atoms with Crippen LogP contribution in [0.2, 0.25) is 5.02 Å². The average Bonchev–Trinajstić information content (AvgIpc) is 3.30.